The molecule has 0 saturated carbocycles. The first kappa shape index (κ1) is 27.7. The number of nitrogens with zero attached hydrogens (tertiary/aromatic N) is 4. The topological polar surface area (TPSA) is 153 Å². The average molecular weight is 536 g/mol. The van der Waals surface area contributed by atoms with Crippen LogP contribution in [0.2, 0.25) is 5.15 Å². The summed E-state index contributed by atoms with van der Waals surface area (Å²) in [5, 5.41) is 2.95. The van der Waals surface area contributed by atoms with Crippen molar-refractivity contribution < 1.29 is 22.3 Å². The Morgan fingerprint density at radius 2 is 1.89 bits per heavy atom. The quantitative estimate of drug-likeness (QED) is 0.247. The van der Waals surface area contributed by atoms with Gasteiger partial charge in [0.15, 0.2) is 0 Å². The van der Waals surface area contributed by atoms with Gasteiger partial charge in [0.1, 0.15) is 5.15 Å². The van der Waals surface area contributed by atoms with Crippen LogP contribution in [0.4, 0.5) is 0 Å². The zero-order valence-corrected chi connectivity index (χ0v) is 21.7. The van der Waals surface area contributed by atoms with Gasteiger partial charge in [0, 0.05) is 11.8 Å². The van der Waals surface area contributed by atoms with Crippen LogP contribution in [0.25, 0.3) is 11.4 Å². The lowest BCUT2D eigenvalue weighted by Gasteiger charge is -2.25. The van der Waals surface area contributed by atoms with E-state index in [1.165, 1.54) is 6.20 Å². The summed E-state index contributed by atoms with van der Waals surface area (Å²) in [6.07, 6.45) is 2.17. The first-order valence-corrected chi connectivity index (χ1v) is 13.5. The number of carbonyl (C=O) groups is 1. The first-order chi connectivity index (χ1) is 17.2. The predicted octanol–water partition coefficient (Wildman–Crippen LogP) is 3.59. The lowest BCUT2D eigenvalue weighted by Crippen LogP contribution is -2.34. The van der Waals surface area contributed by atoms with Gasteiger partial charge < -0.3 is 15.2 Å². The van der Waals surface area contributed by atoms with E-state index in [4.69, 9.17) is 21.9 Å². The van der Waals surface area contributed by atoms with Crippen molar-refractivity contribution in [2.45, 2.75) is 44.3 Å². The molecule has 1 amide bonds. The number of pyridine rings is 1. The lowest BCUT2D eigenvalue weighted by atomic mass is 9.92. The SMILES string of the molecule is CCN(CC)CCC([C@H](CCc1ccccc1C(N)=O)c1nc(-c2cccnc2Cl)no1)S(=O)(=O)O. The van der Waals surface area contributed by atoms with Gasteiger partial charge in [-0.15, -0.1) is 0 Å². The Morgan fingerprint density at radius 1 is 1.17 bits per heavy atom. The number of halogens is 1. The number of amides is 1. The van der Waals surface area contributed by atoms with Crippen LogP contribution in [0.1, 0.15) is 54.4 Å². The number of aromatic nitrogens is 3. The molecule has 0 aliphatic carbocycles. The van der Waals surface area contributed by atoms with E-state index in [1.807, 2.05) is 13.8 Å². The van der Waals surface area contributed by atoms with Crippen molar-refractivity contribution in [3.63, 3.8) is 0 Å². The third-order valence-corrected chi connectivity index (χ3v) is 7.85. The third-order valence-electron chi connectivity index (χ3n) is 6.22. The van der Waals surface area contributed by atoms with Crippen molar-refractivity contribution in [1.29, 1.82) is 0 Å². The molecule has 2 atom stereocenters. The number of aryl methyl sites for hydroxylation is 1. The summed E-state index contributed by atoms with van der Waals surface area (Å²) in [6.45, 7) is 5.87. The van der Waals surface area contributed by atoms with E-state index in [1.54, 1.807) is 36.4 Å². The van der Waals surface area contributed by atoms with Gasteiger partial charge in [0.25, 0.3) is 10.1 Å². The van der Waals surface area contributed by atoms with E-state index in [9.17, 15) is 17.8 Å². The van der Waals surface area contributed by atoms with Crippen molar-refractivity contribution >= 4 is 27.6 Å². The predicted molar refractivity (Wildman–Crippen MR) is 136 cm³/mol. The molecule has 0 fully saturated rings. The smallest absolute Gasteiger partial charge is 0.268 e. The fourth-order valence-corrected chi connectivity index (χ4v) is 5.49. The number of benzene rings is 1. The molecule has 3 aromatic rings. The minimum atomic E-state index is -4.50. The van der Waals surface area contributed by atoms with Crippen molar-refractivity contribution in [2.24, 2.45) is 5.73 Å². The monoisotopic (exact) mass is 535 g/mol. The molecule has 2 aromatic heterocycles. The Hall–Kier alpha value is -2.86. The zero-order valence-electron chi connectivity index (χ0n) is 20.2. The van der Waals surface area contributed by atoms with Gasteiger partial charge in [-0.05, 0) is 62.7 Å². The van der Waals surface area contributed by atoms with Crippen molar-refractivity contribution in [3.05, 3.63) is 64.8 Å². The second-order valence-electron chi connectivity index (χ2n) is 8.33. The summed E-state index contributed by atoms with van der Waals surface area (Å²) in [5.41, 5.74) is 6.94. The molecule has 0 aliphatic heterocycles. The molecule has 2 heterocycles. The molecule has 1 aromatic carbocycles. The summed E-state index contributed by atoms with van der Waals surface area (Å²) in [6, 6.07) is 10.2. The van der Waals surface area contributed by atoms with Crippen LogP contribution in [-0.2, 0) is 16.5 Å². The summed E-state index contributed by atoms with van der Waals surface area (Å²) in [5.74, 6) is -1.23. The van der Waals surface area contributed by atoms with Crippen molar-refractivity contribution in [2.75, 3.05) is 19.6 Å². The summed E-state index contributed by atoms with van der Waals surface area (Å²) in [4.78, 5) is 22.4. The van der Waals surface area contributed by atoms with Gasteiger partial charge in [0.05, 0.1) is 16.7 Å². The summed E-state index contributed by atoms with van der Waals surface area (Å²) >= 11 is 6.17. The van der Waals surface area contributed by atoms with Gasteiger partial charge >= 0.3 is 0 Å². The van der Waals surface area contributed by atoms with E-state index >= 15 is 0 Å². The van der Waals surface area contributed by atoms with Crippen LogP contribution in [0.3, 0.4) is 0 Å². The van der Waals surface area contributed by atoms with Crippen molar-refractivity contribution in [1.82, 2.24) is 20.0 Å². The van der Waals surface area contributed by atoms with E-state index < -0.39 is 27.2 Å². The Bertz CT molecular complexity index is 1280. The molecular weight excluding hydrogens is 506 g/mol. The van der Waals surface area contributed by atoms with Crippen molar-refractivity contribution in [3.8, 4) is 11.4 Å². The number of hydrogen-bond donors (Lipinski definition) is 2. The van der Waals surface area contributed by atoms with Gasteiger partial charge in [-0.1, -0.05) is 48.8 Å². The van der Waals surface area contributed by atoms with E-state index in [-0.39, 0.29) is 29.7 Å². The number of primary amides is 1. The molecule has 3 rings (SSSR count). The highest BCUT2D eigenvalue weighted by atomic mass is 35.5. The minimum absolute atomic E-state index is 0.0450. The van der Waals surface area contributed by atoms with Crippen LogP contribution in [0, 0.1) is 0 Å². The molecule has 194 valence electrons. The molecule has 3 N–H and O–H groups in total. The summed E-state index contributed by atoms with van der Waals surface area (Å²) in [7, 11) is -4.50. The Labute approximate surface area is 215 Å². The van der Waals surface area contributed by atoms with E-state index in [2.05, 4.69) is 20.0 Å². The zero-order chi connectivity index (χ0) is 26.3. The number of nitrogens with two attached hydrogens (primary N) is 1. The number of hydrogen-bond acceptors (Lipinski definition) is 8. The molecule has 0 aliphatic rings. The Kier molecular flexibility index (Phi) is 9.55. The fourth-order valence-electron chi connectivity index (χ4n) is 4.21. The van der Waals surface area contributed by atoms with Crippen LogP contribution >= 0.6 is 11.6 Å². The van der Waals surface area contributed by atoms with Crippen LogP contribution in [0.15, 0.2) is 47.1 Å². The highest BCUT2D eigenvalue weighted by Crippen LogP contribution is 2.33. The first-order valence-electron chi connectivity index (χ1n) is 11.7. The molecule has 12 heteroatoms. The maximum Gasteiger partial charge on any atom is 0.268 e. The molecule has 0 radical (unpaired) electrons. The fraction of sp³-hybridized carbons (Fsp3) is 0.417. The van der Waals surface area contributed by atoms with Crippen LogP contribution in [0.5, 0.6) is 0 Å². The molecule has 1 unspecified atom stereocenters. The normalized spacial score (nSPS) is 13.6. The second kappa shape index (κ2) is 12.4. The lowest BCUT2D eigenvalue weighted by molar-refractivity contribution is 0.0999. The van der Waals surface area contributed by atoms with Gasteiger partial charge in [-0.3, -0.25) is 9.35 Å². The molecule has 0 saturated heterocycles. The average Bonchev–Trinajstić information content (AvgIpc) is 3.33. The van der Waals surface area contributed by atoms with Gasteiger partial charge in [0.2, 0.25) is 17.6 Å². The Morgan fingerprint density at radius 3 is 2.53 bits per heavy atom. The minimum Gasteiger partial charge on any atom is -0.366 e. The highest BCUT2D eigenvalue weighted by Gasteiger charge is 2.37. The van der Waals surface area contributed by atoms with Crippen LogP contribution < -0.4 is 5.73 Å². The van der Waals surface area contributed by atoms with Crippen LogP contribution in [-0.4, -0.2) is 63.8 Å². The maximum absolute atomic E-state index is 12.6. The van der Waals surface area contributed by atoms with Gasteiger partial charge in [-0.25, -0.2) is 4.98 Å². The largest absolute Gasteiger partial charge is 0.366 e. The maximum atomic E-state index is 12.6. The highest BCUT2D eigenvalue weighted by molar-refractivity contribution is 7.86. The third kappa shape index (κ3) is 6.88. The summed E-state index contributed by atoms with van der Waals surface area (Å²) < 4.78 is 40.9. The van der Waals surface area contributed by atoms with Gasteiger partial charge in [-0.2, -0.15) is 13.4 Å². The molecule has 36 heavy (non-hydrogen) atoms. The second-order valence-corrected chi connectivity index (χ2v) is 10.3. The molecule has 10 nitrogen and oxygen atoms in total. The Balaban J connectivity index is 2.00. The van der Waals surface area contributed by atoms with E-state index in [0.29, 0.717) is 29.7 Å². The standard InChI is InChI=1S/C24H30ClN5O5S/c1-3-30(4-2)15-13-20(36(32,33)34)18(12-11-16-8-5-6-9-17(16)22(26)31)24-28-23(29-35-24)19-10-7-14-27-21(19)25/h5-10,14,18,20H,3-4,11-13,15H2,1-2H3,(H2,26,31)(H,32,33,34)/t18-,20?/m0/s1. The molecule has 0 bridgehead atoms. The number of carbonyl (C=O) groups excluding carboxylic acids is 1. The molecular formula is C24H30ClN5O5S. The molecule has 0 spiro atoms. The van der Waals surface area contributed by atoms with E-state index in [0.717, 1.165) is 13.1 Å². The number of rotatable bonds is 13.